The normalized spacial score (nSPS) is 9.22. The van der Waals surface area contributed by atoms with Crippen molar-refractivity contribution in [1.82, 2.24) is 0 Å². The first-order chi connectivity index (χ1) is 10.5. The fourth-order valence-electron chi connectivity index (χ4n) is 1.84. The molecule has 23 heavy (non-hydrogen) atoms. The monoisotopic (exact) mass is 339 g/mol. The summed E-state index contributed by atoms with van der Waals surface area (Å²) in [5, 5.41) is 0. The number of amides is 1. The van der Waals surface area contributed by atoms with Gasteiger partial charge in [-0.2, -0.15) is 0 Å². The van der Waals surface area contributed by atoms with E-state index in [0.717, 1.165) is 0 Å². The largest absolute Gasteiger partial charge is 0.465 e. The van der Waals surface area contributed by atoms with Crippen LogP contribution in [-0.2, 0) is 9.53 Å². The molecule has 0 heterocycles. The van der Waals surface area contributed by atoms with Gasteiger partial charge in [-0.25, -0.2) is 4.79 Å². The second-order valence-electron chi connectivity index (χ2n) is 4.57. The number of anilines is 1. The number of rotatable bonds is 5. The van der Waals surface area contributed by atoms with E-state index in [4.69, 9.17) is 16.2 Å². The lowest BCUT2D eigenvalue weighted by Gasteiger charge is -2.18. The van der Waals surface area contributed by atoms with Gasteiger partial charge in [0.15, 0.2) is 0 Å². The van der Waals surface area contributed by atoms with Gasteiger partial charge in [-0.1, -0.05) is 11.8 Å². The SMILES string of the molecule is COC(=O)c1ccc(N(C)C(=O)CCCN)cc1C#CCN.Cl. The van der Waals surface area contributed by atoms with E-state index in [0.29, 0.717) is 36.2 Å². The minimum Gasteiger partial charge on any atom is -0.465 e. The van der Waals surface area contributed by atoms with Crippen LogP contribution in [0.3, 0.4) is 0 Å². The predicted octanol–water partition coefficient (Wildman–Crippen LogP) is 0.907. The number of nitrogens with zero attached hydrogens (tertiary/aromatic N) is 1. The molecule has 0 aliphatic heterocycles. The van der Waals surface area contributed by atoms with Crippen LogP contribution in [0.1, 0.15) is 28.8 Å². The molecule has 6 nitrogen and oxygen atoms in total. The molecule has 0 saturated carbocycles. The van der Waals surface area contributed by atoms with Gasteiger partial charge in [-0.05, 0) is 31.2 Å². The lowest BCUT2D eigenvalue weighted by molar-refractivity contribution is -0.118. The lowest BCUT2D eigenvalue weighted by atomic mass is 10.1. The summed E-state index contributed by atoms with van der Waals surface area (Å²) in [4.78, 5) is 25.3. The molecule has 0 unspecified atom stereocenters. The lowest BCUT2D eigenvalue weighted by Crippen LogP contribution is -2.26. The smallest absolute Gasteiger partial charge is 0.339 e. The number of hydrogen-bond acceptors (Lipinski definition) is 5. The molecular weight excluding hydrogens is 318 g/mol. The molecule has 0 atom stereocenters. The number of carbonyl (C=O) groups excluding carboxylic acids is 2. The zero-order chi connectivity index (χ0) is 16.5. The maximum Gasteiger partial charge on any atom is 0.339 e. The number of hydrogen-bond donors (Lipinski definition) is 2. The molecule has 0 aliphatic rings. The van der Waals surface area contributed by atoms with Crippen LogP contribution in [0.4, 0.5) is 5.69 Å². The Balaban J connectivity index is 0.00000484. The predicted molar refractivity (Wildman–Crippen MR) is 92.7 cm³/mol. The zero-order valence-corrected chi connectivity index (χ0v) is 14.1. The van der Waals surface area contributed by atoms with Gasteiger partial charge < -0.3 is 21.1 Å². The molecule has 0 radical (unpaired) electrons. The van der Waals surface area contributed by atoms with E-state index < -0.39 is 5.97 Å². The number of methoxy groups -OCH3 is 1. The Morgan fingerprint density at radius 2 is 2.00 bits per heavy atom. The summed E-state index contributed by atoms with van der Waals surface area (Å²) in [5.41, 5.74) is 12.3. The zero-order valence-electron chi connectivity index (χ0n) is 13.3. The number of halogens is 1. The fourth-order valence-corrected chi connectivity index (χ4v) is 1.84. The van der Waals surface area contributed by atoms with Crippen LogP contribution in [0.15, 0.2) is 18.2 Å². The highest BCUT2D eigenvalue weighted by Crippen LogP contribution is 2.20. The molecule has 0 fully saturated rings. The van der Waals surface area contributed by atoms with Crippen LogP contribution >= 0.6 is 12.4 Å². The molecule has 1 amide bonds. The third-order valence-electron chi connectivity index (χ3n) is 3.09. The first kappa shape index (κ1) is 20.9. The van der Waals surface area contributed by atoms with Gasteiger partial charge in [-0.3, -0.25) is 4.79 Å². The van der Waals surface area contributed by atoms with Crippen LogP contribution in [0.5, 0.6) is 0 Å². The topological polar surface area (TPSA) is 98.6 Å². The van der Waals surface area contributed by atoms with Crippen LogP contribution in [0.25, 0.3) is 0 Å². The highest BCUT2D eigenvalue weighted by atomic mass is 35.5. The van der Waals surface area contributed by atoms with E-state index in [2.05, 4.69) is 11.8 Å². The Hall–Kier alpha value is -2.07. The first-order valence-electron chi connectivity index (χ1n) is 6.93. The van der Waals surface area contributed by atoms with Crippen molar-refractivity contribution < 1.29 is 14.3 Å². The van der Waals surface area contributed by atoms with E-state index in [1.54, 1.807) is 25.2 Å². The van der Waals surface area contributed by atoms with E-state index in [1.807, 2.05) is 0 Å². The molecule has 1 aromatic carbocycles. The molecule has 0 spiro atoms. The molecule has 0 aromatic heterocycles. The van der Waals surface area contributed by atoms with Crippen LogP contribution < -0.4 is 16.4 Å². The Bertz CT molecular complexity index is 608. The van der Waals surface area contributed by atoms with Crippen molar-refractivity contribution >= 4 is 30.0 Å². The van der Waals surface area contributed by atoms with Crippen molar-refractivity contribution in [3.05, 3.63) is 29.3 Å². The van der Waals surface area contributed by atoms with Gasteiger partial charge in [-0.15, -0.1) is 12.4 Å². The van der Waals surface area contributed by atoms with E-state index in [-0.39, 0.29) is 24.9 Å². The number of ether oxygens (including phenoxy) is 1. The standard InChI is InChI=1S/C16H21N3O3.ClH/c1-19(15(20)6-4-10-18)13-7-8-14(16(21)22-2)12(11-13)5-3-9-17;/h7-8,11H,4,6,9-10,17-18H2,1-2H3;1H. The summed E-state index contributed by atoms with van der Waals surface area (Å²) in [6.45, 7) is 0.643. The summed E-state index contributed by atoms with van der Waals surface area (Å²) >= 11 is 0. The number of nitrogens with two attached hydrogens (primary N) is 2. The summed E-state index contributed by atoms with van der Waals surface area (Å²) in [7, 11) is 2.98. The number of benzene rings is 1. The quantitative estimate of drug-likeness (QED) is 0.613. The Morgan fingerprint density at radius 1 is 1.30 bits per heavy atom. The van der Waals surface area contributed by atoms with Crippen LogP contribution in [0, 0.1) is 11.8 Å². The molecule has 0 bridgehead atoms. The minimum absolute atomic E-state index is 0. The van der Waals surface area contributed by atoms with Crippen LogP contribution in [0.2, 0.25) is 0 Å². The van der Waals surface area contributed by atoms with Crippen molar-refractivity contribution in [1.29, 1.82) is 0 Å². The Morgan fingerprint density at radius 3 is 2.57 bits per heavy atom. The van der Waals surface area contributed by atoms with Gasteiger partial charge in [0.1, 0.15) is 0 Å². The van der Waals surface area contributed by atoms with Gasteiger partial charge in [0, 0.05) is 24.7 Å². The summed E-state index contributed by atoms with van der Waals surface area (Å²) < 4.78 is 4.73. The second kappa shape index (κ2) is 10.6. The molecule has 1 rings (SSSR count). The highest BCUT2D eigenvalue weighted by Gasteiger charge is 2.15. The fraction of sp³-hybridized carbons (Fsp3) is 0.375. The number of carbonyl (C=O) groups is 2. The van der Waals surface area contributed by atoms with Crippen molar-refractivity contribution in [2.45, 2.75) is 12.8 Å². The minimum atomic E-state index is -0.481. The summed E-state index contributed by atoms with van der Waals surface area (Å²) in [5.74, 6) is 5.01. The first-order valence-corrected chi connectivity index (χ1v) is 6.93. The molecule has 1 aromatic rings. The Kier molecular flexibility index (Phi) is 9.67. The van der Waals surface area contributed by atoms with Crippen molar-refractivity contribution in [3.63, 3.8) is 0 Å². The molecule has 0 aliphatic carbocycles. The third kappa shape index (κ3) is 5.91. The average Bonchev–Trinajstić information content (AvgIpc) is 2.56. The number of esters is 1. The van der Waals surface area contributed by atoms with Gasteiger partial charge in [0.2, 0.25) is 5.91 Å². The summed E-state index contributed by atoms with van der Waals surface area (Å²) in [6.07, 6.45) is 0.999. The van der Waals surface area contributed by atoms with E-state index in [1.165, 1.54) is 12.0 Å². The van der Waals surface area contributed by atoms with Gasteiger partial charge in [0.05, 0.1) is 19.2 Å². The molecular formula is C16H22ClN3O3. The third-order valence-corrected chi connectivity index (χ3v) is 3.09. The average molecular weight is 340 g/mol. The maximum atomic E-state index is 12.0. The molecule has 0 saturated heterocycles. The second-order valence-corrected chi connectivity index (χ2v) is 4.57. The van der Waals surface area contributed by atoms with Gasteiger partial charge in [0.25, 0.3) is 0 Å². The molecule has 4 N–H and O–H groups in total. The van der Waals surface area contributed by atoms with Crippen molar-refractivity contribution in [2.24, 2.45) is 11.5 Å². The summed E-state index contributed by atoms with van der Waals surface area (Å²) in [6, 6.07) is 4.95. The Labute approximate surface area is 142 Å². The van der Waals surface area contributed by atoms with Gasteiger partial charge >= 0.3 is 5.97 Å². The van der Waals surface area contributed by atoms with E-state index >= 15 is 0 Å². The molecule has 7 heteroatoms. The maximum absolute atomic E-state index is 12.0. The van der Waals surface area contributed by atoms with Crippen molar-refractivity contribution in [2.75, 3.05) is 32.1 Å². The van der Waals surface area contributed by atoms with E-state index in [9.17, 15) is 9.59 Å². The highest BCUT2D eigenvalue weighted by molar-refractivity contribution is 5.96. The van der Waals surface area contributed by atoms with Crippen LogP contribution in [-0.4, -0.2) is 39.1 Å². The van der Waals surface area contributed by atoms with Crippen molar-refractivity contribution in [3.8, 4) is 11.8 Å². The molecule has 126 valence electrons.